The fourth-order valence-corrected chi connectivity index (χ4v) is 2.23. The summed E-state index contributed by atoms with van der Waals surface area (Å²) in [5.74, 6) is -0.637. The maximum Gasteiger partial charge on any atom is 0.270 e. The quantitative estimate of drug-likeness (QED) is 0.137. The largest absolute Gasteiger partial charge is 0.365 e. The standard InChI is InChI=1S/C17H27N7O4/c1-12(2)8-11-20-15(25)14(7-5-10-21-17(18)23-24(27)28)22-16(26)13-6-3-4-9-19-13/h3-4,6,9,12,14H,5,7-8,10-11H2,1-2H3,(H,20,25)(H,22,26)(H3,18,21,23)/t14-/m0/s1. The highest BCUT2D eigenvalue weighted by Crippen LogP contribution is 2.03. The maximum atomic E-state index is 12.5. The number of carbonyl (C=O) groups excluding carboxylic acids is 2. The van der Waals surface area contributed by atoms with Crippen LogP contribution in [0.3, 0.4) is 0 Å². The van der Waals surface area contributed by atoms with Crippen molar-refractivity contribution in [1.29, 1.82) is 0 Å². The summed E-state index contributed by atoms with van der Waals surface area (Å²) in [6, 6.07) is 4.15. The average molecular weight is 393 g/mol. The van der Waals surface area contributed by atoms with Gasteiger partial charge in [-0.2, -0.15) is 0 Å². The minimum atomic E-state index is -0.809. The van der Waals surface area contributed by atoms with E-state index in [4.69, 9.17) is 5.73 Å². The fraction of sp³-hybridized carbons (Fsp3) is 0.529. The molecule has 0 saturated carbocycles. The first-order chi connectivity index (χ1) is 13.3. The number of aromatic nitrogens is 1. The smallest absolute Gasteiger partial charge is 0.270 e. The molecule has 1 rings (SSSR count). The van der Waals surface area contributed by atoms with Crippen molar-refractivity contribution in [2.24, 2.45) is 16.6 Å². The lowest BCUT2D eigenvalue weighted by atomic mass is 10.1. The Bertz CT molecular complexity index is 679. The van der Waals surface area contributed by atoms with Gasteiger partial charge in [0.05, 0.1) is 0 Å². The van der Waals surface area contributed by atoms with E-state index in [1.165, 1.54) is 6.20 Å². The van der Waals surface area contributed by atoms with Crippen molar-refractivity contribution >= 4 is 17.8 Å². The van der Waals surface area contributed by atoms with Gasteiger partial charge in [-0.25, -0.2) is 15.1 Å². The highest BCUT2D eigenvalue weighted by Gasteiger charge is 2.21. The average Bonchev–Trinajstić information content (AvgIpc) is 2.63. The number of nitrogens with zero attached hydrogens (tertiary/aromatic N) is 3. The van der Waals surface area contributed by atoms with Crippen LogP contribution in [0.15, 0.2) is 29.4 Å². The monoisotopic (exact) mass is 393 g/mol. The van der Waals surface area contributed by atoms with Crippen molar-refractivity contribution in [3.8, 4) is 0 Å². The zero-order chi connectivity index (χ0) is 20.9. The van der Waals surface area contributed by atoms with E-state index >= 15 is 0 Å². The molecule has 5 N–H and O–H groups in total. The Hall–Kier alpha value is -3.24. The van der Waals surface area contributed by atoms with Gasteiger partial charge in [0, 0.05) is 19.3 Å². The zero-order valence-electron chi connectivity index (χ0n) is 16.1. The summed E-state index contributed by atoms with van der Waals surface area (Å²) in [7, 11) is 0. The van der Waals surface area contributed by atoms with Gasteiger partial charge in [-0.15, -0.1) is 0 Å². The number of nitro groups is 1. The predicted molar refractivity (Wildman–Crippen MR) is 104 cm³/mol. The summed E-state index contributed by atoms with van der Waals surface area (Å²) in [5.41, 5.74) is 7.29. The van der Waals surface area contributed by atoms with Crippen molar-refractivity contribution in [3.05, 3.63) is 40.2 Å². The van der Waals surface area contributed by atoms with Crippen molar-refractivity contribution in [2.45, 2.75) is 39.2 Å². The van der Waals surface area contributed by atoms with E-state index in [9.17, 15) is 19.7 Å². The molecule has 0 fully saturated rings. The number of rotatable bonds is 11. The topological polar surface area (TPSA) is 165 Å². The molecule has 1 heterocycles. The number of carbonyl (C=O) groups is 2. The summed E-state index contributed by atoms with van der Waals surface area (Å²) >= 11 is 0. The number of guanidine groups is 1. The molecule has 0 bridgehead atoms. The molecule has 28 heavy (non-hydrogen) atoms. The van der Waals surface area contributed by atoms with Gasteiger partial charge in [-0.05, 0) is 37.3 Å². The summed E-state index contributed by atoms with van der Waals surface area (Å²) in [6.07, 6.45) is 3.00. The molecule has 0 aliphatic carbocycles. The van der Waals surface area contributed by atoms with Crippen LogP contribution in [0.2, 0.25) is 0 Å². The van der Waals surface area contributed by atoms with Crippen LogP contribution in [0.25, 0.3) is 0 Å². The molecule has 0 saturated heterocycles. The summed E-state index contributed by atoms with van der Waals surface area (Å²) in [6.45, 7) is 4.77. The highest BCUT2D eigenvalue weighted by atomic mass is 16.7. The molecule has 11 heteroatoms. The molecule has 2 amide bonds. The number of hydrogen-bond acceptors (Lipinski definition) is 6. The maximum absolute atomic E-state index is 12.5. The van der Waals surface area contributed by atoms with Crippen LogP contribution in [0.5, 0.6) is 0 Å². The van der Waals surface area contributed by atoms with Crippen LogP contribution in [0, 0.1) is 16.0 Å². The summed E-state index contributed by atoms with van der Waals surface area (Å²) < 4.78 is 0. The van der Waals surface area contributed by atoms with Gasteiger partial charge >= 0.3 is 0 Å². The second-order valence-electron chi connectivity index (χ2n) is 6.49. The van der Waals surface area contributed by atoms with E-state index in [1.807, 2.05) is 13.8 Å². The van der Waals surface area contributed by atoms with Crippen molar-refractivity contribution < 1.29 is 14.6 Å². The number of pyridine rings is 1. The molecule has 154 valence electrons. The molecule has 0 radical (unpaired) electrons. The predicted octanol–water partition coefficient (Wildman–Crippen LogP) is 0.219. The first-order valence-corrected chi connectivity index (χ1v) is 9.00. The van der Waals surface area contributed by atoms with Gasteiger partial charge in [-0.1, -0.05) is 25.3 Å². The molecule has 0 aliphatic heterocycles. The van der Waals surface area contributed by atoms with Crippen LogP contribution in [-0.4, -0.2) is 46.9 Å². The molecule has 0 aromatic carbocycles. The minimum absolute atomic E-state index is 0.169. The normalized spacial score (nSPS) is 12.3. The number of aliphatic imine (C=N–C) groups is 1. The second-order valence-corrected chi connectivity index (χ2v) is 6.49. The Kier molecular flexibility index (Phi) is 9.94. The number of nitrogens with two attached hydrogens (primary N) is 1. The molecule has 0 unspecified atom stereocenters. The van der Waals surface area contributed by atoms with E-state index in [0.717, 1.165) is 6.42 Å². The number of hydrogen-bond donors (Lipinski definition) is 4. The third-order valence-corrected chi connectivity index (χ3v) is 3.68. The number of hydrazine groups is 1. The number of amides is 2. The van der Waals surface area contributed by atoms with Crippen LogP contribution in [0.1, 0.15) is 43.6 Å². The lowest BCUT2D eigenvalue weighted by molar-refractivity contribution is -0.525. The highest BCUT2D eigenvalue weighted by molar-refractivity contribution is 5.96. The van der Waals surface area contributed by atoms with Gasteiger partial charge < -0.3 is 16.4 Å². The summed E-state index contributed by atoms with van der Waals surface area (Å²) in [5, 5.41) is 14.9. The third-order valence-electron chi connectivity index (χ3n) is 3.68. The second kappa shape index (κ2) is 12.2. The first-order valence-electron chi connectivity index (χ1n) is 9.00. The molecular weight excluding hydrogens is 366 g/mol. The SMILES string of the molecule is CC(C)CCNC(=O)[C@H](CCCN=C(N)N[N+](=O)[O-])NC(=O)c1ccccn1. The van der Waals surface area contributed by atoms with E-state index in [1.54, 1.807) is 23.6 Å². The minimum Gasteiger partial charge on any atom is -0.365 e. The van der Waals surface area contributed by atoms with Crippen LogP contribution in [-0.2, 0) is 4.79 Å². The van der Waals surface area contributed by atoms with E-state index in [-0.39, 0.29) is 24.1 Å². The Morgan fingerprint density at radius 2 is 2.07 bits per heavy atom. The van der Waals surface area contributed by atoms with E-state index < -0.39 is 17.0 Å². The molecule has 1 aromatic rings. The number of nitrogens with one attached hydrogen (secondary N) is 3. The van der Waals surface area contributed by atoms with E-state index in [2.05, 4.69) is 20.6 Å². The first kappa shape index (κ1) is 22.8. The van der Waals surface area contributed by atoms with Crippen LogP contribution in [0.4, 0.5) is 0 Å². The van der Waals surface area contributed by atoms with Crippen molar-refractivity contribution in [2.75, 3.05) is 13.1 Å². The van der Waals surface area contributed by atoms with Gasteiger partial charge in [0.2, 0.25) is 5.91 Å². The van der Waals surface area contributed by atoms with Gasteiger partial charge in [0.1, 0.15) is 11.7 Å². The molecular formula is C17H27N7O4. The van der Waals surface area contributed by atoms with Crippen molar-refractivity contribution in [1.82, 2.24) is 21.0 Å². The molecule has 11 nitrogen and oxygen atoms in total. The van der Waals surface area contributed by atoms with Crippen LogP contribution < -0.4 is 21.8 Å². The lowest BCUT2D eigenvalue weighted by Gasteiger charge is -2.18. The Morgan fingerprint density at radius 3 is 2.68 bits per heavy atom. The van der Waals surface area contributed by atoms with E-state index in [0.29, 0.717) is 25.3 Å². The summed E-state index contributed by atoms with van der Waals surface area (Å²) in [4.78, 5) is 42.8. The van der Waals surface area contributed by atoms with Gasteiger partial charge in [-0.3, -0.25) is 14.6 Å². The van der Waals surface area contributed by atoms with Crippen molar-refractivity contribution in [3.63, 3.8) is 0 Å². The Morgan fingerprint density at radius 1 is 1.32 bits per heavy atom. The molecule has 1 aromatic heterocycles. The fourth-order valence-electron chi connectivity index (χ4n) is 2.23. The molecule has 0 spiro atoms. The Labute approximate surface area is 163 Å². The van der Waals surface area contributed by atoms with Crippen LogP contribution >= 0.6 is 0 Å². The van der Waals surface area contributed by atoms with Gasteiger partial charge in [0.15, 0.2) is 5.03 Å². The Balaban J connectivity index is 2.65. The molecule has 0 aliphatic rings. The molecule has 1 atom stereocenters. The third kappa shape index (κ3) is 9.46. The lowest BCUT2D eigenvalue weighted by Crippen LogP contribution is -2.47. The van der Waals surface area contributed by atoms with Gasteiger partial charge in [0.25, 0.3) is 11.9 Å². The zero-order valence-corrected chi connectivity index (χ0v) is 16.1.